The molecule has 0 saturated carbocycles. The van der Waals surface area contributed by atoms with Gasteiger partial charge in [-0.2, -0.15) is 0 Å². The Morgan fingerprint density at radius 3 is 2.79 bits per heavy atom. The number of benzene rings is 1. The summed E-state index contributed by atoms with van der Waals surface area (Å²) in [6.07, 6.45) is 6.85. The fraction of sp³-hybridized carbons (Fsp3) is 0.231. The Balaban J connectivity index is 2.94. The zero-order valence-corrected chi connectivity index (χ0v) is 11.7. The van der Waals surface area contributed by atoms with E-state index in [1.807, 2.05) is 6.26 Å². The highest BCUT2D eigenvalue weighted by Crippen LogP contribution is 2.23. The fourth-order valence-electron chi connectivity index (χ4n) is 1.36. The van der Waals surface area contributed by atoms with Crippen molar-refractivity contribution in [1.29, 1.82) is 0 Å². The molecule has 6 heteroatoms. The summed E-state index contributed by atoms with van der Waals surface area (Å²) in [5, 5.41) is 11.5. The highest BCUT2D eigenvalue weighted by Gasteiger charge is 2.21. The molecule has 4 nitrogen and oxygen atoms in total. The molecule has 100 valence electrons. The second-order valence-corrected chi connectivity index (χ2v) is 4.91. The number of nitrogens with one attached hydrogen (secondary N) is 1. The van der Waals surface area contributed by atoms with Gasteiger partial charge in [0, 0.05) is 11.3 Å². The number of carbonyl (C=O) groups excluding carboxylic acids is 1. The SMILES string of the molecule is C#CCC(NC(=O)c1cc(SC)ccc1Cl)C(=O)O. The molecule has 0 heterocycles. The van der Waals surface area contributed by atoms with Crippen molar-refractivity contribution in [2.75, 3.05) is 6.26 Å². The predicted octanol–water partition coefficient (Wildman–Crippen LogP) is 2.27. The number of carboxylic acid groups (broad SMARTS) is 1. The fourth-order valence-corrected chi connectivity index (χ4v) is 2.00. The van der Waals surface area contributed by atoms with Crippen molar-refractivity contribution >= 4 is 35.2 Å². The number of aliphatic carboxylic acids is 1. The van der Waals surface area contributed by atoms with Crippen molar-refractivity contribution in [2.45, 2.75) is 17.4 Å². The molecule has 0 aromatic heterocycles. The predicted molar refractivity (Wildman–Crippen MR) is 75.6 cm³/mol. The molecule has 1 atom stereocenters. The molecule has 0 radical (unpaired) electrons. The lowest BCUT2D eigenvalue weighted by atomic mass is 10.1. The third kappa shape index (κ3) is 4.19. The van der Waals surface area contributed by atoms with Crippen molar-refractivity contribution in [1.82, 2.24) is 5.32 Å². The standard InChI is InChI=1S/C13H12ClNO3S/c1-3-4-11(13(17)18)15-12(16)9-7-8(19-2)5-6-10(9)14/h1,5-7,11H,4H2,2H3,(H,15,16)(H,17,18). The molecule has 19 heavy (non-hydrogen) atoms. The van der Waals surface area contributed by atoms with E-state index >= 15 is 0 Å². The summed E-state index contributed by atoms with van der Waals surface area (Å²) in [6, 6.07) is 3.86. The zero-order chi connectivity index (χ0) is 14.4. The van der Waals surface area contributed by atoms with Crippen LogP contribution >= 0.6 is 23.4 Å². The van der Waals surface area contributed by atoms with E-state index in [1.54, 1.807) is 18.2 Å². The second kappa shape index (κ2) is 7.07. The van der Waals surface area contributed by atoms with Gasteiger partial charge in [0.05, 0.1) is 10.6 Å². The van der Waals surface area contributed by atoms with Crippen LogP contribution in [0.3, 0.4) is 0 Å². The van der Waals surface area contributed by atoms with E-state index < -0.39 is 17.9 Å². The summed E-state index contributed by atoms with van der Waals surface area (Å²) in [7, 11) is 0. The Labute approximate surface area is 120 Å². The molecule has 1 amide bonds. The highest BCUT2D eigenvalue weighted by atomic mass is 35.5. The number of carboxylic acids is 1. The van der Waals surface area contributed by atoms with Crippen LogP contribution in [0.15, 0.2) is 23.1 Å². The van der Waals surface area contributed by atoms with E-state index in [4.69, 9.17) is 23.1 Å². The minimum absolute atomic E-state index is 0.0824. The summed E-state index contributed by atoms with van der Waals surface area (Å²) < 4.78 is 0. The zero-order valence-electron chi connectivity index (χ0n) is 10.1. The van der Waals surface area contributed by atoms with Gasteiger partial charge in [0.25, 0.3) is 5.91 Å². The van der Waals surface area contributed by atoms with E-state index in [0.717, 1.165) is 4.90 Å². The number of carbonyl (C=O) groups is 2. The number of halogens is 1. The van der Waals surface area contributed by atoms with Crippen LogP contribution in [0.1, 0.15) is 16.8 Å². The van der Waals surface area contributed by atoms with Crippen LogP contribution in [0.4, 0.5) is 0 Å². The van der Waals surface area contributed by atoms with Crippen molar-refractivity contribution in [3.05, 3.63) is 28.8 Å². The van der Waals surface area contributed by atoms with Gasteiger partial charge >= 0.3 is 5.97 Å². The van der Waals surface area contributed by atoms with Gasteiger partial charge in [-0.1, -0.05) is 11.6 Å². The van der Waals surface area contributed by atoms with Crippen molar-refractivity contribution < 1.29 is 14.7 Å². The lowest BCUT2D eigenvalue weighted by Crippen LogP contribution is -2.40. The van der Waals surface area contributed by atoms with Crippen LogP contribution in [-0.4, -0.2) is 29.3 Å². The van der Waals surface area contributed by atoms with E-state index in [2.05, 4.69) is 11.2 Å². The molecule has 0 bridgehead atoms. The topological polar surface area (TPSA) is 66.4 Å². The van der Waals surface area contributed by atoms with E-state index in [9.17, 15) is 9.59 Å². The first-order chi connectivity index (χ1) is 8.99. The molecule has 0 spiro atoms. The highest BCUT2D eigenvalue weighted by molar-refractivity contribution is 7.98. The Bertz CT molecular complexity index is 539. The number of rotatable bonds is 5. The maximum Gasteiger partial charge on any atom is 0.327 e. The first kappa shape index (κ1) is 15.4. The molecule has 2 N–H and O–H groups in total. The van der Waals surface area contributed by atoms with Gasteiger partial charge in [0.1, 0.15) is 6.04 Å². The first-order valence-electron chi connectivity index (χ1n) is 5.30. The normalized spacial score (nSPS) is 11.4. The van der Waals surface area contributed by atoms with Gasteiger partial charge in [-0.25, -0.2) is 4.79 Å². The van der Waals surface area contributed by atoms with Crippen LogP contribution in [0, 0.1) is 12.3 Å². The number of amides is 1. The third-order valence-electron chi connectivity index (χ3n) is 2.34. The Morgan fingerprint density at radius 2 is 2.26 bits per heavy atom. The van der Waals surface area contributed by atoms with Gasteiger partial charge < -0.3 is 10.4 Å². The number of thioether (sulfide) groups is 1. The summed E-state index contributed by atoms with van der Waals surface area (Å²) >= 11 is 7.39. The maximum atomic E-state index is 12.0. The quantitative estimate of drug-likeness (QED) is 0.646. The molecule has 0 aliphatic heterocycles. The molecule has 0 fully saturated rings. The van der Waals surface area contributed by atoms with Gasteiger partial charge in [0.2, 0.25) is 0 Å². The molecule has 1 aromatic rings. The van der Waals surface area contributed by atoms with Crippen LogP contribution < -0.4 is 5.32 Å². The lowest BCUT2D eigenvalue weighted by Gasteiger charge is -2.13. The average molecular weight is 298 g/mol. The summed E-state index contributed by atoms with van der Waals surface area (Å²) in [6.45, 7) is 0. The molecule has 1 rings (SSSR count). The van der Waals surface area contributed by atoms with E-state index in [-0.39, 0.29) is 17.0 Å². The molecular weight excluding hydrogens is 286 g/mol. The summed E-state index contributed by atoms with van der Waals surface area (Å²) in [5.74, 6) is 0.481. The first-order valence-corrected chi connectivity index (χ1v) is 6.90. The van der Waals surface area contributed by atoms with Gasteiger partial charge in [-0.3, -0.25) is 4.79 Å². The minimum atomic E-state index is -1.18. The molecule has 1 unspecified atom stereocenters. The van der Waals surface area contributed by atoms with Crippen molar-refractivity contribution in [3.8, 4) is 12.3 Å². The minimum Gasteiger partial charge on any atom is -0.480 e. The number of hydrogen-bond donors (Lipinski definition) is 2. The molecule has 0 saturated heterocycles. The van der Waals surface area contributed by atoms with Crippen LogP contribution in [0.5, 0.6) is 0 Å². The van der Waals surface area contributed by atoms with Crippen LogP contribution in [-0.2, 0) is 4.79 Å². The maximum absolute atomic E-state index is 12.0. The number of hydrogen-bond acceptors (Lipinski definition) is 3. The van der Waals surface area contributed by atoms with Gasteiger partial charge in [0.15, 0.2) is 0 Å². The average Bonchev–Trinajstić information content (AvgIpc) is 2.38. The monoisotopic (exact) mass is 297 g/mol. The lowest BCUT2D eigenvalue weighted by molar-refractivity contribution is -0.139. The molecular formula is C13H12ClNO3S. The Hall–Kier alpha value is -1.64. The van der Waals surface area contributed by atoms with Crippen molar-refractivity contribution in [3.63, 3.8) is 0 Å². The van der Waals surface area contributed by atoms with Gasteiger partial charge in [-0.15, -0.1) is 24.1 Å². The van der Waals surface area contributed by atoms with Crippen LogP contribution in [0.25, 0.3) is 0 Å². The molecule has 0 aliphatic rings. The van der Waals surface area contributed by atoms with Crippen LogP contribution in [0.2, 0.25) is 5.02 Å². The smallest absolute Gasteiger partial charge is 0.327 e. The van der Waals surface area contributed by atoms with Crippen molar-refractivity contribution in [2.24, 2.45) is 0 Å². The van der Waals surface area contributed by atoms with E-state index in [1.165, 1.54) is 11.8 Å². The Kier molecular flexibility index (Phi) is 5.74. The number of terminal acetylenes is 1. The summed E-state index contributed by atoms with van der Waals surface area (Å²) in [5.41, 5.74) is 0.233. The summed E-state index contributed by atoms with van der Waals surface area (Å²) in [4.78, 5) is 23.8. The molecule has 0 aliphatic carbocycles. The molecule has 1 aromatic carbocycles. The Morgan fingerprint density at radius 1 is 1.58 bits per heavy atom. The third-order valence-corrected chi connectivity index (χ3v) is 3.40. The largest absolute Gasteiger partial charge is 0.480 e. The van der Waals surface area contributed by atoms with E-state index in [0.29, 0.717) is 0 Å². The van der Waals surface area contributed by atoms with Gasteiger partial charge in [-0.05, 0) is 24.5 Å². The second-order valence-electron chi connectivity index (χ2n) is 3.62.